The van der Waals surface area contributed by atoms with Gasteiger partial charge in [0, 0.05) is 13.2 Å². The van der Waals surface area contributed by atoms with Crippen molar-refractivity contribution >= 4 is 0 Å². The second kappa shape index (κ2) is 15.2. The lowest BCUT2D eigenvalue weighted by Crippen LogP contribution is -2.19. The second-order valence-corrected chi connectivity index (χ2v) is 6.90. The van der Waals surface area contributed by atoms with Crippen LogP contribution < -0.4 is 0 Å². The maximum absolute atomic E-state index is 5.59. The van der Waals surface area contributed by atoms with E-state index >= 15 is 0 Å². The fraction of sp³-hybridized carbons (Fsp3) is 0.652. The fourth-order valence-electron chi connectivity index (χ4n) is 2.55. The van der Waals surface area contributed by atoms with E-state index in [0.717, 1.165) is 37.7 Å². The molecule has 2 nitrogen and oxygen atoms in total. The van der Waals surface area contributed by atoms with Gasteiger partial charge in [0.15, 0.2) is 6.29 Å². The van der Waals surface area contributed by atoms with Gasteiger partial charge in [-0.3, -0.25) is 0 Å². The van der Waals surface area contributed by atoms with E-state index in [1.54, 1.807) is 0 Å². The Labute approximate surface area is 156 Å². The average Bonchev–Trinajstić information content (AvgIpc) is 2.54. The highest BCUT2D eigenvalue weighted by molar-refractivity contribution is 5.07. The zero-order valence-electron chi connectivity index (χ0n) is 17.5. The van der Waals surface area contributed by atoms with Crippen LogP contribution in [0.15, 0.2) is 47.1 Å². The molecule has 0 N–H and O–H groups in total. The Hall–Kier alpha value is -1.12. The lowest BCUT2D eigenvalue weighted by atomic mass is 10.0. The first-order chi connectivity index (χ1) is 11.9. The van der Waals surface area contributed by atoms with E-state index < -0.39 is 0 Å². The van der Waals surface area contributed by atoms with Gasteiger partial charge in [0.25, 0.3) is 0 Å². The molecule has 0 aromatic rings. The topological polar surface area (TPSA) is 18.5 Å². The van der Waals surface area contributed by atoms with Crippen LogP contribution in [0.25, 0.3) is 0 Å². The lowest BCUT2D eigenvalue weighted by molar-refractivity contribution is -0.112. The third kappa shape index (κ3) is 13.8. The summed E-state index contributed by atoms with van der Waals surface area (Å²) >= 11 is 0. The average molecular weight is 349 g/mol. The monoisotopic (exact) mass is 348 g/mol. The van der Waals surface area contributed by atoms with Crippen LogP contribution in [0.5, 0.6) is 0 Å². The fourth-order valence-corrected chi connectivity index (χ4v) is 2.55. The number of rotatable bonds is 14. The summed E-state index contributed by atoms with van der Waals surface area (Å²) in [5.41, 5.74) is 5.38. The van der Waals surface area contributed by atoms with Gasteiger partial charge in [0.2, 0.25) is 0 Å². The molecule has 0 saturated carbocycles. The molecule has 0 saturated heterocycles. The van der Waals surface area contributed by atoms with E-state index in [-0.39, 0.29) is 6.29 Å². The van der Waals surface area contributed by atoms with Crippen molar-refractivity contribution in [2.75, 3.05) is 13.2 Å². The molecule has 0 amide bonds. The maximum Gasteiger partial charge on any atom is 0.179 e. The van der Waals surface area contributed by atoms with Crippen molar-refractivity contribution in [3.8, 4) is 0 Å². The smallest absolute Gasteiger partial charge is 0.179 e. The Morgan fingerprint density at radius 1 is 0.760 bits per heavy atom. The molecule has 0 atom stereocenters. The number of hydrogen-bond acceptors (Lipinski definition) is 2. The zero-order valence-corrected chi connectivity index (χ0v) is 17.5. The molecule has 0 aliphatic heterocycles. The molecule has 0 rings (SSSR count). The number of allylic oxidation sites excluding steroid dienone is 6. The Morgan fingerprint density at radius 3 is 1.64 bits per heavy atom. The first-order valence-electron chi connectivity index (χ1n) is 9.76. The van der Waals surface area contributed by atoms with Gasteiger partial charge in [-0.15, -0.1) is 0 Å². The SMILES string of the molecule is C=C(CC/C=C(\C)CC/C=C(\C)CCC=C(C)C)C(OCC)OCC. The van der Waals surface area contributed by atoms with Crippen molar-refractivity contribution in [1.82, 2.24) is 0 Å². The first-order valence-corrected chi connectivity index (χ1v) is 9.76. The van der Waals surface area contributed by atoms with E-state index in [0.29, 0.717) is 13.2 Å². The van der Waals surface area contributed by atoms with E-state index in [2.05, 4.69) is 52.5 Å². The molecule has 0 radical (unpaired) electrons. The quantitative estimate of drug-likeness (QED) is 0.245. The normalized spacial score (nSPS) is 12.6. The Bertz CT molecular complexity index is 445. The van der Waals surface area contributed by atoms with Crippen molar-refractivity contribution in [3.05, 3.63) is 47.1 Å². The Kier molecular flexibility index (Phi) is 14.5. The molecule has 25 heavy (non-hydrogen) atoms. The molecule has 0 aliphatic rings. The van der Waals surface area contributed by atoms with Crippen molar-refractivity contribution in [2.45, 2.75) is 86.4 Å². The van der Waals surface area contributed by atoms with Gasteiger partial charge in [-0.05, 0) is 85.6 Å². The summed E-state index contributed by atoms with van der Waals surface area (Å²) in [5.74, 6) is 0. The van der Waals surface area contributed by atoms with Gasteiger partial charge in [0.05, 0.1) is 0 Å². The lowest BCUT2D eigenvalue weighted by Gasteiger charge is -2.19. The van der Waals surface area contributed by atoms with Crippen LogP contribution in [0.4, 0.5) is 0 Å². The molecule has 0 heterocycles. The van der Waals surface area contributed by atoms with Gasteiger partial charge >= 0.3 is 0 Å². The molecule has 144 valence electrons. The Morgan fingerprint density at radius 2 is 1.20 bits per heavy atom. The standard InChI is InChI=1S/C23H40O2/c1-8-24-23(25-9-2)22(7)18-12-17-21(6)16-11-15-20(5)14-10-13-19(3)4/h13,15,17,23H,7-12,14,16,18H2,1-6H3/b20-15+,21-17+. The van der Waals surface area contributed by atoms with Crippen LogP contribution in [0.1, 0.15) is 80.1 Å². The summed E-state index contributed by atoms with van der Waals surface area (Å²) < 4.78 is 11.2. The third-order valence-electron chi connectivity index (χ3n) is 4.05. The van der Waals surface area contributed by atoms with E-state index in [4.69, 9.17) is 9.47 Å². The summed E-state index contributed by atoms with van der Waals surface area (Å²) in [6, 6.07) is 0. The van der Waals surface area contributed by atoms with Gasteiger partial charge in [-0.2, -0.15) is 0 Å². The van der Waals surface area contributed by atoms with Crippen molar-refractivity contribution in [1.29, 1.82) is 0 Å². The molecule has 0 aliphatic carbocycles. The molecule has 0 bridgehead atoms. The highest BCUT2D eigenvalue weighted by Gasteiger charge is 2.11. The van der Waals surface area contributed by atoms with Crippen LogP contribution in [-0.4, -0.2) is 19.5 Å². The number of hydrogen-bond donors (Lipinski definition) is 0. The summed E-state index contributed by atoms with van der Waals surface area (Å²) in [7, 11) is 0. The largest absolute Gasteiger partial charge is 0.349 e. The van der Waals surface area contributed by atoms with Crippen molar-refractivity contribution in [3.63, 3.8) is 0 Å². The summed E-state index contributed by atoms with van der Waals surface area (Å²) in [6.45, 7) is 18.2. The highest BCUT2D eigenvalue weighted by Crippen LogP contribution is 2.16. The molecule has 2 heteroatoms. The maximum atomic E-state index is 5.59. The van der Waals surface area contributed by atoms with Gasteiger partial charge in [0.1, 0.15) is 0 Å². The minimum absolute atomic E-state index is 0.255. The van der Waals surface area contributed by atoms with Crippen LogP contribution in [0.2, 0.25) is 0 Å². The zero-order chi connectivity index (χ0) is 19.1. The highest BCUT2D eigenvalue weighted by atomic mass is 16.7. The third-order valence-corrected chi connectivity index (χ3v) is 4.05. The minimum atomic E-state index is -0.255. The Balaban J connectivity index is 4.12. The summed E-state index contributed by atoms with van der Waals surface area (Å²) in [6.07, 6.45) is 13.3. The molecule has 0 unspecified atom stereocenters. The van der Waals surface area contributed by atoms with E-state index in [1.807, 2.05) is 13.8 Å². The van der Waals surface area contributed by atoms with E-state index in [9.17, 15) is 0 Å². The predicted molar refractivity (Wildman–Crippen MR) is 111 cm³/mol. The predicted octanol–water partition coefficient (Wildman–Crippen LogP) is 7.14. The minimum Gasteiger partial charge on any atom is -0.349 e. The first kappa shape index (κ1) is 23.9. The van der Waals surface area contributed by atoms with Crippen LogP contribution >= 0.6 is 0 Å². The molecule has 0 spiro atoms. The van der Waals surface area contributed by atoms with Gasteiger partial charge < -0.3 is 9.47 Å². The molecular formula is C23H40O2. The summed E-state index contributed by atoms with van der Waals surface area (Å²) in [5, 5.41) is 0. The van der Waals surface area contributed by atoms with Gasteiger partial charge in [-0.1, -0.05) is 41.5 Å². The van der Waals surface area contributed by atoms with Crippen LogP contribution in [-0.2, 0) is 9.47 Å². The van der Waals surface area contributed by atoms with Crippen LogP contribution in [0, 0.1) is 0 Å². The molecule has 0 aromatic carbocycles. The van der Waals surface area contributed by atoms with Crippen molar-refractivity contribution in [2.24, 2.45) is 0 Å². The molecule has 0 aromatic heterocycles. The van der Waals surface area contributed by atoms with Gasteiger partial charge in [-0.25, -0.2) is 0 Å². The summed E-state index contributed by atoms with van der Waals surface area (Å²) in [4.78, 5) is 0. The molecule has 0 fully saturated rings. The van der Waals surface area contributed by atoms with E-state index in [1.165, 1.54) is 23.1 Å². The number of ether oxygens (including phenoxy) is 2. The second-order valence-electron chi connectivity index (χ2n) is 6.90. The molecular weight excluding hydrogens is 308 g/mol. The van der Waals surface area contributed by atoms with Crippen LogP contribution in [0.3, 0.4) is 0 Å². The van der Waals surface area contributed by atoms with Crippen molar-refractivity contribution < 1.29 is 9.47 Å².